The molecule has 2 rings (SSSR count). The Morgan fingerprint density at radius 2 is 1.93 bits per heavy atom. The smallest absolute Gasteiger partial charge is 0.343 e. The van der Waals surface area contributed by atoms with Crippen LogP contribution in [0.2, 0.25) is 5.02 Å². The van der Waals surface area contributed by atoms with Crippen molar-refractivity contribution >= 4 is 29.3 Å². The number of hydrogen-bond acceptors (Lipinski definition) is 5. The number of nitrogens with one attached hydrogen (secondary N) is 2. The van der Waals surface area contributed by atoms with Crippen molar-refractivity contribution in [3.8, 4) is 17.2 Å². The molecule has 0 aliphatic heterocycles. The number of rotatable bonds is 8. The van der Waals surface area contributed by atoms with Gasteiger partial charge in [0.15, 0.2) is 11.5 Å². The molecular weight excluding hydrogens is 384 g/mol. The second-order valence-electron chi connectivity index (χ2n) is 5.72. The van der Waals surface area contributed by atoms with Gasteiger partial charge in [-0.05, 0) is 37.6 Å². The Hall–Kier alpha value is -2.93. The number of urea groups is 1. The average molecular weight is 407 g/mol. The molecule has 7 nitrogen and oxygen atoms in total. The lowest BCUT2D eigenvalue weighted by atomic mass is 10.2. The van der Waals surface area contributed by atoms with Gasteiger partial charge in [0.2, 0.25) is 0 Å². The summed E-state index contributed by atoms with van der Waals surface area (Å²) in [5.74, 6) is 0.370. The molecule has 0 aromatic heterocycles. The molecule has 0 atom stereocenters. The molecule has 0 bridgehead atoms. The zero-order valence-electron chi connectivity index (χ0n) is 16.0. The Balaban J connectivity index is 2.13. The number of methoxy groups -OCH3 is 1. The Morgan fingerprint density at radius 1 is 1.14 bits per heavy atom. The summed E-state index contributed by atoms with van der Waals surface area (Å²) >= 11 is 6.20. The number of anilines is 1. The van der Waals surface area contributed by atoms with E-state index in [1.807, 2.05) is 13.8 Å². The fourth-order valence-corrected chi connectivity index (χ4v) is 2.60. The number of esters is 1. The van der Waals surface area contributed by atoms with E-state index in [-0.39, 0.29) is 22.4 Å². The fourth-order valence-electron chi connectivity index (χ4n) is 2.34. The largest absolute Gasteiger partial charge is 0.493 e. The minimum absolute atomic E-state index is 0.212. The molecular formula is C20H23ClN2O5. The number of amides is 2. The van der Waals surface area contributed by atoms with Gasteiger partial charge in [-0.25, -0.2) is 9.59 Å². The molecule has 0 fully saturated rings. The van der Waals surface area contributed by atoms with Gasteiger partial charge in [0, 0.05) is 18.3 Å². The maximum Gasteiger partial charge on any atom is 0.343 e. The van der Waals surface area contributed by atoms with Crippen LogP contribution < -0.4 is 24.8 Å². The lowest BCUT2D eigenvalue weighted by Crippen LogP contribution is -2.29. The molecule has 0 aliphatic rings. The number of benzene rings is 2. The Labute approximate surface area is 168 Å². The topological polar surface area (TPSA) is 85.9 Å². The summed E-state index contributed by atoms with van der Waals surface area (Å²) in [6, 6.07) is 9.16. The van der Waals surface area contributed by atoms with Crippen LogP contribution >= 0.6 is 11.6 Å². The number of carbonyl (C=O) groups is 2. The van der Waals surface area contributed by atoms with Crippen molar-refractivity contribution in [2.24, 2.45) is 0 Å². The third kappa shape index (κ3) is 5.79. The van der Waals surface area contributed by atoms with Gasteiger partial charge < -0.3 is 24.8 Å². The van der Waals surface area contributed by atoms with E-state index < -0.39 is 5.97 Å². The van der Waals surface area contributed by atoms with Gasteiger partial charge in [-0.3, -0.25) is 0 Å². The highest BCUT2D eigenvalue weighted by Gasteiger charge is 2.17. The van der Waals surface area contributed by atoms with E-state index in [9.17, 15) is 9.59 Å². The standard InChI is InChI=1S/C20H23ClN2O5/c1-4-9-22-20(25)23-14-7-6-8-15(12-14)28-19(24)13-10-16(21)18(27-5-2)17(11-13)26-3/h6-8,10-12H,4-5,9H2,1-3H3,(H2,22,23,25). The Morgan fingerprint density at radius 3 is 2.61 bits per heavy atom. The minimum atomic E-state index is -0.615. The van der Waals surface area contributed by atoms with Gasteiger partial charge in [-0.15, -0.1) is 0 Å². The summed E-state index contributed by atoms with van der Waals surface area (Å²) in [6.45, 7) is 4.76. The number of halogens is 1. The maximum atomic E-state index is 12.5. The monoisotopic (exact) mass is 406 g/mol. The first kappa shape index (κ1) is 21.4. The first-order valence-electron chi connectivity index (χ1n) is 8.85. The summed E-state index contributed by atoms with van der Waals surface area (Å²) in [7, 11) is 1.46. The molecule has 8 heteroatoms. The van der Waals surface area contributed by atoms with Crippen molar-refractivity contribution in [2.75, 3.05) is 25.6 Å². The predicted octanol–water partition coefficient (Wildman–Crippen LogP) is 4.50. The third-order valence-corrected chi connectivity index (χ3v) is 3.87. The number of carbonyl (C=O) groups excluding carboxylic acids is 2. The van der Waals surface area contributed by atoms with Gasteiger partial charge in [-0.2, -0.15) is 0 Å². The highest BCUT2D eigenvalue weighted by atomic mass is 35.5. The molecule has 0 unspecified atom stereocenters. The molecule has 0 saturated heterocycles. The van der Waals surface area contributed by atoms with E-state index >= 15 is 0 Å². The highest BCUT2D eigenvalue weighted by Crippen LogP contribution is 2.36. The molecule has 0 aliphatic carbocycles. The summed E-state index contributed by atoms with van der Waals surface area (Å²) in [6.07, 6.45) is 0.833. The zero-order chi connectivity index (χ0) is 20.5. The van der Waals surface area contributed by atoms with Crippen molar-refractivity contribution in [1.82, 2.24) is 5.32 Å². The van der Waals surface area contributed by atoms with Crippen molar-refractivity contribution in [3.63, 3.8) is 0 Å². The lowest BCUT2D eigenvalue weighted by Gasteiger charge is -2.13. The predicted molar refractivity (Wildman–Crippen MR) is 108 cm³/mol. The van der Waals surface area contributed by atoms with E-state index in [4.69, 9.17) is 25.8 Å². The van der Waals surface area contributed by atoms with E-state index in [0.717, 1.165) is 6.42 Å². The van der Waals surface area contributed by atoms with E-state index in [0.29, 0.717) is 30.3 Å². The van der Waals surface area contributed by atoms with Gasteiger partial charge >= 0.3 is 12.0 Å². The first-order chi connectivity index (χ1) is 13.5. The highest BCUT2D eigenvalue weighted by molar-refractivity contribution is 6.32. The van der Waals surface area contributed by atoms with Crippen LogP contribution in [0.25, 0.3) is 0 Å². The molecule has 28 heavy (non-hydrogen) atoms. The fraction of sp³-hybridized carbons (Fsp3) is 0.300. The zero-order valence-corrected chi connectivity index (χ0v) is 16.8. The van der Waals surface area contributed by atoms with E-state index in [1.165, 1.54) is 19.2 Å². The normalized spacial score (nSPS) is 10.1. The van der Waals surface area contributed by atoms with Crippen LogP contribution in [0, 0.1) is 0 Å². The maximum absolute atomic E-state index is 12.5. The van der Waals surface area contributed by atoms with Crippen LogP contribution in [0.15, 0.2) is 36.4 Å². The Bertz CT molecular complexity index is 841. The minimum Gasteiger partial charge on any atom is -0.493 e. The molecule has 0 heterocycles. The van der Waals surface area contributed by atoms with Gasteiger partial charge in [0.25, 0.3) is 0 Å². The van der Waals surface area contributed by atoms with E-state index in [2.05, 4.69) is 10.6 Å². The summed E-state index contributed by atoms with van der Waals surface area (Å²) < 4.78 is 16.1. The lowest BCUT2D eigenvalue weighted by molar-refractivity contribution is 0.0734. The van der Waals surface area contributed by atoms with Crippen molar-refractivity contribution in [1.29, 1.82) is 0 Å². The molecule has 2 aromatic rings. The number of hydrogen-bond donors (Lipinski definition) is 2. The quantitative estimate of drug-likeness (QED) is 0.498. The second-order valence-corrected chi connectivity index (χ2v) is 6.13. The van der Waals surface area contributed by atoms with Crippen LogP contribution in [-0.4, -0.2) is 32.3 Å². The summed E-state index contributed by atoms with van der Waals surface area (Å²) in [5.41, 5.74) is 0.713. The third-order valence-electron chi connectivity index (χ3n) is 3.59. The average Bonchev–Trinajstić information content (AvgIpc) is 2.68. The van der Waals surface area contributed by atoms with Gasteiger partial charge in [0.05, 0.1) is 24.3 Å². The van der Waals surface area contributed by atoms with Crippen molar-refractivity contribution in [2.45, 2.75) is 20.3 Å². The van der Waals surface area contributed by atoms with Gasteiger partial charge in [0.1, 0.15) is 5.75 Å². The number of ether oxygens (including phenoxy) is 3. The molecule has 0 spiro atoms. The van der Waals surface area contributed by atoms with Crippen LogP contribution in [0.4, 0.5) is 10.5 Å². The first-order valence-corrected chi connectivity index (χ1v) is 9.23. The molecule has 0 saturated carbocycles. The van der Waals surface area contributed by atoms with Crippen LogP contribution in [0.1, 0.15) is 30.6 Å². The van der Waals surface area contributed by atoms with Crippen LogP contribution in [-0.2, 0) is 0 Å². The van der Waals surface area contributed by atoms with Crippen LogP contribution in [0.5, 0.6) is 17.2 Å². The van der Waals surface area contributed by atoms with Gasteiger partial charge in [-0.1, -0.05) is 24.6 Å². The van der Waals surface area contributed by atoms with Crippen molar-refractivity contribution < 1.29 is 23.8 Å². The molecule has 2 amide bonds. The molecule has 2 N–H and O–H groups in total. The SMILES string of the molecule is CCCNC(=O)Nc1cccc(OC(=O)c2cc(Cl)c(OCC)c(OC)c2)c1. The molecule has 2 aromatic carbocycles. The van der Waals surface area contributed by atoms with E-state index in [1.54, 1.807) is 24.3 Å². The Kier molecular flexibility index (Phi) is 7.95. The summed E-state index contributed by atoms with van der Waals surface area (Å²) in [4.78, 5) is 24.3. The molecule has 0 radical (unpaired) electrons. The van der Waals surface area contributed by atoms with Crippen molar-refractivity contribution in [3.05, 3.63) is 47.0 Å². The second kappa shape index (κ2) is 10.4. The molecule has 150 valence electrons. The summed E-state index contributed by atoms with van der Waals surface area (Å²) in [5, 5.41) is 5.63. The van der Waals surface area contributed by atoms with Crippen LogP contribution in [0.3, 0.4) is 0 Å².